The summed E-state index contributed by atoms with van der Waals surface area (Å²) in [7, 11) is 3.18. The van der Waals surface area contributed by atoms with E-state index in [9.17, 15) is 9.59 Å². The molecule has 0 saturated carbocycles. The van der Waals surface area contributed by atoms with Crippen molar-refractivity contribution in [2.24, 2.45) is 4.99 Å². The van der Waals surface area contributed by atoms with Gasteiger partial charge in [-0.3, -0.25) is 14.2 Å². The van der Waals surface area contributed by atoms with Gasteiger partial charge in [0.15, 0.2) is 4.80 Å². The molecule has 218 valence electrons. The molecule has 8 heteroatoms. The number of benzene rings is 4. The molecule has 4 aromatic carbocycles. The van der Waals surface area contributed by atoms with E-state index in [1.165, 1.54) is 11.3 Å². The van der Waals surface area contributed by atoms with E-state index in [2.05, 4.69) is 30.3 Å². The summed E-state index contributed by atoms with van der Waals surface area (Å²) in [6.07, 6.45) is 1.97. The number of hydrogen-bond acceptors (Lipinski definition) is 6. The van der Waals surface area contributed by atoms with Gasteiger partial charge in [0.25, 0.3) is 11.5 Å². The van der Waals surface area contributed by atoms with Gasteiger partial charge < -0.3 is 14.4 Å². The number of hydrogen-bond donors (Lipinski definition) is 0. The molecule has 6 rings (SSSR count). The third-order valence-corrected chi connectivity index (χ3v) is 9.11. The van der Waals surface area contributed by atoms with Gasteiger partial charge in [-0.1, -0.05) is 59.9 Å². The number of carbonyl (C=O) groups is 1. The molecule has 0 fully saturated rings. The quantitative estimate of drug-likeness (QED) is 0.237. The van der Waals surface area contributed by atoms with E-state index in [1.54, 1.807) is 35.8 Å². The van der Waals surface area contributed by atoms with E-state index in [0.717, 1.165) is 27.1 Å². The van der Waals surface area contributed by atoms with Gasteiger partial charge in [0.2, 0.25) is 0 Å². The number of ether oxygens (including phenoxy) is 2. The molecule has 0 bridgehead atoms. The lowest BCUT2D eigenvalue weighted by atomic mass is 9.93. The Hall–Kier alpha value is -4.69. The van der Waals surface area contributed by atoms with Crippen LogP contribution in [0.5, 0.6) is 11.5 Å². The second-order valence-electron chi connectivity index (χ2n) is 10.4. The minimum atomic E-state index is -0.749. The van der Waals surface area contributed by atoms with Crippen LogP contribution in [-0.4, -0.2) is 42.7 Å². The molecule has 0 aliphatic carbocycles. The number of carbonyl (C=O) groups excluding carboxylic acids is 1. The highest BCUT2D eigenvalue weighted by atomic mass is 32.1. The van der Waals surface area contributed by atoms with Crippen LogP contribution in [0.25, 0.3) is 27.6 Å². The second-order valence-corrected chi connectivity index (χ2v) is 11.4. The smallest absolute Gasteiger partial charge is 0.271 e. The number of fused-ring (bicyclic) bond motifs is 3. The maximum atomic E-state index is 14.5. The summed E-state index contributed by atoms with van der Waals surface area (Å²) in [4.78, 5) is 35.6. The van der Waals surface area contributed by atoms with Crippen molar-refractivity contribution < 1.29 is 14.3 Å². The number of methoxy groups -OCH3 is 2. The Morgan fingerprint density at radius 1 is 0.953 bits per heavy atom. The van der Waals surface area contributed by atoms with E-state index < -0.39 is 6.04 Å². The fourth-order valence-corrected chi connectivity index (χ4v) is 6.99. The zero-order valence-electron chi connectivity index (χ0n) is 24.9. The van der Waals surface area contributed by atoms with E-state index in [-0.39, 0.29) is 11.5 Å². The maximum Gasteiger partial charge on any atom is 0.271 e. The molecule has 1 aliphatic heterocycles. The van der Waals surface area contributed by atoms with Crippen molar-refractivity contribution in [2.45, 2.75) is 26.8 Å². The number of thiazole rings is 1. The lowest BCUT2D eigenvalue weighted by molar-refractivity contribution is -0.127. The summed E-state index contributed by atoms with van der Waals surface area (Å²) in [5.74, 6) is 1.000. The summed E-state index contributed by atoms with van der Waals surface area (Å²) >= 11 is 1.33. The van der Waals surface area contributed by atoms with Crippen molar-refractivity contribution in [1.82, 2.24) is 9.47 Å². The minimum absolute atomic E-state index is 0.157. The monoisotopic (exact) mass is 591 g/mol. The highest BCUT2D eigenvalue weighted by Crippen LogP contribution is 2.38. The van der Waals surface area contributed by atoms with Gasteiger partial charge >= 0.3 is 0 Å². The van der Waals surface area contributed by atoms with Crippen LogP contribution in [0, 0.1) is 0 Å². The predicted octanol–water partition coefficient (Wildman–Crippen LogP) is 5.43. The van der Waals surface area contributed by atoms with Crippen LogP contribution in [0.1, 0.15) is 37.9 Å². The molecule has 0 radical (unpaired) electrons. The van der Waals surface area contributed by atoms with Crippen molar-refractivity contribution in [3.63, 3.8) is 0 Å². The zero-order valence-corrected chi connectivity index (χ0v) is 25.7. The van der Waals surface area contributed by atoms with Crippen molar-refractivity contribution in [2.75, 3.05) is 27.3 Å². The first-order valence-electron chi connectivity index (χ1n) is 14.3. The van der Waals surface area contributed by atoms with Crippen molar-refractivity contribution in [3.05, 3.63) is 115 Å². The molecule has 1 atom stereocenters. The summed E-state index contributed by atoms with van der Waals surface area (Å²) in [6.45, 7) is 6.80. The molecule has 7 nitrogen and oxygen atoms in total. The number of allylic oxidation sites excluding steroid dienone is 1. The van der Waals surface area contributed by atoms with Crippen LogP contribution in [-0.2, 0) is 4.79 Å². The van der Waals surface area contributed by atoms with Crippen molar-refractivity contribution >= 4 is 44.9 Å². The Kier molecular flexibility index (Phi) is 7.62. The third-order valence-electron chi connectivity index (χ3n) is 8.12. The van der Waals surface area contributed by atoms with Crippen molar-refractivity contribution in [3.8, 4) is 11.5 Å². The summed E-state index contributed by atoms with van der Waals surface area (Å²) in [6, 6.07) is 23.3. The van der Waals surface area contributed by atoms with Crippen LogP contribution in [0.15, 0.2) is 93.9 Å². The van der Waals surface area contributed by atoms with E-state index in [0.29, 0.717) is 50.8 Å². The predicted molar refractivity (Wildman–Crippen MR) is 173 cm³/mol. The lowest BCUT2D eigenvalue weighted by Gasteiger charge is -2.30. The molecule has 1 amide bonds. The largest absolute Gasteiger partial charge is 0.497 e. The number of nitrogens with zero attached hydrogens (tertiary/aromatic N) is 3. The van der Waals surface area contributed by atoms with Gasteiger partial charge in [-0.15, -0.1) is 0 Å². The Balaban J connectivity index is 1.67. The molecule has 2 heterocycles. The highest BCUT2D eigenvalue weighted by molar-refractivity contribution is 7.07. The van der Waals surface area contributed by atoms with E-state index >= 15 is 0 Å². The fourth-order valence-electron chi connectivity index (χ4n) is 5.96. The summed E-state index contributed by atoms with van der Waals surface area (Å²) in [5.41, 5.74) is 2.45. The normalized spacial score (nSPS) is 15.0. The van der Waals surface area contributed by atoms with Gasteiger partial charge in [0.1, 0.15) is 17.5 Å². The van der Waals surface area contributed by atoms with Crippen LogP contribution < -0.4 is 24.4 Å². The molecular formula is C35H33N3O4S. The molecule has 1 aliphatic rings. The molecule has 0 N–H and O–H groups in total. The van der Waals surface area contributed by atoms with Crippen LogP contribution in [0.4, 0.5) is 0 Å². The Labute approximate surface area is 253 Å². The number of likely N-dealkylation sites (N-methyl/N-ethyl adjacent to an activating group) is 1. The first kappa shape index (κ1) is 28.4. The standard InChI is InChI=1S/C35H33N3O4S/c1-6-37(7-2)34(40)31-21(3)36-35-38(32(31)28-19-24(41-4)16-17-29(28)42-5)33(39)30(43-35)20-27-25-14-10-8-12-22(25)18-23-13-9-11-15-26(23)27/h8-20,32H,6-7H2,1-5H3/b30-20+/t32-/m0/s1. The van der Waals surface area contributed by atoms with Gasteiger partial charge in [-0.2, -0.15) is 0 Å². The summed E-state index contributed by atoms with van der Waals surface area (Å²) < 4.78 is 13.5. The second kappa shape index (κ2) is 11.5. The molecular weight excluding hydrogens is 558 g/mol. The zero-order chi connectivity index (χ0) is 30.2. The fraction of sp³-hybridized carbons (Fsp3) is 0.229. The SMILES string of the molecule is CCN(CC)C(=O)C1=C(C)N=c2s/c(=C/c3c4ccccc4cc4ccccc34)c(=O)n2[C@H]1c1cc(OC)ccc1OC. The Bertz CT molecular complexity index is 2050. The lowest BCUT2D eigenvalue weighted by Crippen LogP contribution is -2.43. The molecule has 0 unspecified atom stereocenters. The van der Waals surface area contributed by atoms with Crippen LogP contribution in [0.2, 0.25) is 0 Å². The molecule has 43 heavy (non-hydrogen) atoms. The van der Waals surface area contributed by atoms with Gasteiger partial charge in [0, 0.05) is 18.7 Å². The number of aromatic nitrogens is 1. The summed E-state index contributed by atoms with van der Waals surface area (Å²) in [5, 5.41) is 4.32. The molecule has 0 saturated heterocycles. The first-order valence-corrected chi connectivity index (χ1v) is 15.2. The highest BCUT2D eigenvalue weighted by Gasteiger charge is 2.36. The third kappa shape index (κ3) is 4.81. The Morgan fingerprint density at radius 2 is 1.60 bits per heavy atom. The molecule has 1 aromatic heterocycles. The van der Waals surface area contributed by atoms with Crippen LogP contribution in [0.3, 0.4) is 0 Å². The molecule has 0 spiro atoms. The number of rotatable bonds is 7. The topological polar surface area (TPSA) is 73.1 Å². The van der Waals surface area contributed by atoms with E-state index in [4.69, 9.17) is 14.5 Å². The van der Waals surface area contributed by atoms with Gasteiger partial charge in [0.05, 0.1) is 30.0 Å². The Morgan fingerprint density at radius 3 is 2.21 bits per heavy atom. The van der Waals surface area contributed by atoms with Gasteiger partial charge in [-0.25, -0.2) is 4.99 Å². The maximum absolute atomic E-state index is 14.5. The average molecular weight is 592 g/mol. The molecule has 5 aromatic rings. The minimum Gasteiger partial charge on any atom is -0.497 e. The van der Waals surface area contributed by atoms with Gasteiger partial charge in [-0.05, 0) is 78.2 Å². The van der Waals surface area contributed by atoms with Crippen molar-refractivity contribution in [1.29, 1.82) is 0 Å². The number of amides is 1. The average Bonchev–Trinajstić information content (AvgIpc) is 3.34. The van der Waals surface area contributed by atoms with E-state index in [1.807, 2.05) is 57.2 Å². The van der Waals surface area contributed by atoms with Crippen LogP contribution >= 0.6 is 11.3 Å². The first-order chi connectivity index (χ1) is 20.9.